The van der Waals surface area contributed by atoms with Gasteiger partial charge in [-0.1, -0.05) is 11.6 Å². The lowest BCUT2D eigenvalue weighted by atomic mass is 10.1. The Kier molecular flexibility index (Phi) is 4.50. The first kappa shape index (κ1) is 15.3. The van der Waals surface area contributed by atoms with E-state index in [0.29, 0.717) is 22.3 Å². The van der Waals surface area contributed by atoms with Crippen LogP contribution in [-0.4, -0.2) is 15.5 Å². The summed E-state index contributed by atoms with van der Waals surface area (Å²) in [6, 6.07) is 7.29. The number of halogens is 1. The van der Waals surface area contributed by atoms with E-state index >= 15 is 0 Å². The zero-order valence-electron chi connectivity index (χ0n) is 12.2. The SMILES string of the molecule is CC(C)(C)NNc1ncnc(Nc2ccc(Cl)cc2)c1N. The van der Waals surface area contributed by atoms with Crippen molar-refractivity contribution in [2.24, 2.45) is 0 Å². The molecule has 0 unspecified atom stereocenters. The molecule has 0 saturated heterocycles. The number of nitrogens with two attached hydrogens (primary N) is 1. The second-order valence-corrected chi connectivity index (χ2v) is 6.05. The third-order valence-electron chi connectivity index (χ3n) is 2.55. The summed E-state index contributed by atoms with van der Waals surface area (Å²) in [6.45, 7) is 6.10. The fraction of sp³-hybridized carbons (Fsp3) is 0.286. The molecule has 0 atom stereocenters. The number of nitrogens with zero attached hydrogens (tertiary/aromatic N) is 2. The van der Waals surface area contributed by atoms with Gasteiger partial charge in [0.15, 0.2) is 11.6 Å². The Hall–Kier alpha value is -2.05. The molecule has 1 heterocycles. The van der Waals surface area contributed by atoms with Crippen molar-refractivity contribution in [1.82, 2.24) is 15.4 Å². The maximum atomic E-state index is 6.07. The van der Waals surface area contributed by atoms with Crippen LogP contribution in [0.25, 0.3) is 0 Å². The topological polar surface area (TPSA) is 87.9 Å². The van der Waals surface area contributed by atoms with Crippen LogP contribution in [0.3, 0.4) is 0 Å². The number of hydrogen-bond acceptors (Lipinski definition) is 6. The van der Waals surface area contributed by atoms with Crippen molar-refractivity contribution < 1.29 is 0 Å². The normalized spacial score (nSPS) is 11.2. The van der Waals surface area contributed by atoms with E-state index in [9.17, 15) is 0 Å². The summed E-state index contributed by atoms with van der Waals surface area (Å²) >= 11 is 5.86. The van der Waals surface area contributed by atoms with Crippen LogP contribution in [0.1, 0.15) is 20.8 Å². The van der Waals surface area contributed by atoms with Crippen LogP contribution in [0.4, 0.5) is 23.0 Å². The Morgan fingerprint density at radius 3 is 2.29 bits per heavy atom. The molecule has 0 bridgehead atoms. The van der Waals surface area contributed by atoms with Gasteiger partial charge in [-0.05, 0) is 45.0 Å². The van der Waals surface area contributed by atoms with E-state index in [2.05, 4.69) is 26.1 Å². The summed E-state index contributed by atoms with van der Waals surface area (Å²) in [4.78, 5) is 8.28. The number of benzene rings is 1. The minimum atomic E-state index is -0.110. The van der Waals surface area contributed by atoms with Gasteiger partial charge < -0.3 is 16.5 Å². The lowest BCUT2D eigenvalue weighted by Gasteiger charge is -2.22. The minimum absolute atomic E-state index is 0.110. The smallest absolute Gasteiger partial charge is 0.169 e. The van der Waals surface area contributed by atoms with Gasteiger partial charge in [0.05, 0.1) is 0 Å². The summed E-state index contributed by atoms with van der Waals surface area (Å²) in [5.74, 6) is 1.06. The van der Waals surface area contributed by atoms with Gasteiger partial charge in [-0.25, -0.2) is 15.4 Å². The van der Waals surface area contributed by atoms with E-state index in [1.807, 2.05) is 32.9 Å². The molecule has 0 amide bonds. The summed E-state index contributed by atoms with van der Waals surface area (Å²) < 4.78 is 0. The van der Waals surface area contributed by atoms with Gasteiger partial charge in [0.1, 0.15) is 12.0 Å². The second kappa shape index (κ2) is 6.15. The van der Waals surface area contributed by atoms with E-state index in [0.717, 1.165) is 5.69 Å². The molecule has 0 fully saturated rings. The Morgan fingerprint density at radius 2 is 1.67 bits per heavy atom. The van der Waals surface area contributed by atoms with Crippen molar-refractivity contribution >= 4 is 34.6 Å². The first-order valence-corrected chi connectivity index (χ1v) is 6.89. The lowest BCUT2D eigenvalue weighted by molar-refractivity contribution is 0.464. The van der Waals surface area contributed by atoms with Crippen LogP contribution in [0.2, 0.25) is 5.02 Å². The molecular weight excluding hydrogens is 288 g/mol. The van der Waals surface area contributed by atoms with Crippen molar-refractivity contribution in [3.63, 3.8) is 0 Å². The molecule has 0 saturated carbocycles. The molecule has 7 heteroatoms. The highest BCUT2D eigenvalue weighted by Crippen LogP contribution is 2.26. The summed E-state index contributed by atoms with van der Waals surface area (Å²) in [5.41, 5.74) is 13.4. The fourth-order valence-electron chi connectivity index (χ4n) is 1.51. The van der Waals surface area contributed by atoms with Gasteiger partial charge in [-0.3, -0.25) is 0 Å². The first-order chi connectivity index (χ1) is 9.85. The van der Waals surface area contributed by atoms with E-state index in [1.165, 1.54) is 6.33 Å². The Labute approximate surface area is 129 Å². The molecule has 6 nitrogen and oxygen atoms in total. The van der Waals surface area contributed by atoms with Crippen molar-refractivity contribution in [3.8, 4) is 0 Å². The molecule has 1 aromatic heterocycles. The first-order valence-electron chi connectivity index (χ1n) is 6.51. The maximum Gasteiger partial charge on any atom is 0.169 e. The highest BCUT2D eigenvalue weighted by Gasteiger charge is 2.12. The monoisotopic (exact) mass is 306 g/mol. The van der Waals surface area contributed by atoms with Crippen LogP contribution < -0.4 is 21.9 Å². The number of hydrazine groups is 1. The van der Waals surface area contributed by atoms with E-state index < -0.39 is 0 Å². The van der Waals surface area contributed by atoms with E-state index in [1.54, 1.807) is 12.1 Å². The summed E-state index contributed by atoms with van der Waals surface area (Å²) in [5, 5.41) is 3.81. The molecule has 5 N–H and O–H groups in total. The Balaban J connectivity index is 2.15. The van der Waals surface area contributed by atoms with Gasteiger partial charge >= 0.3 is 0 Å². The largest absolute Gasteiger partial charge is 0.393 e. The highest BCUT2D eigenvalue weighted by atomic mass is 35.5. The number of aromatic nitrogens is 2. The molecule has 0 spiro atoms. The highest BCUT2D eigenvalue weighted by molar-refractivity contribution is 6.30. The second-order valence-electron chi connectivity index (χ2n) is 5.62. The minimum Gasteiger partial charge on any atom is -0.393 e. The van der Waals surface area contributed by atoms with Gasteiger partial charge in [0.25, 0.3) is 0 Å². The van der Waals surface area contributed by atoms with E-state index in [-0.39, 0.29) is 5.54 Å². The molecule has 2 aromatic rings. The zero-order chi connectivity index (χ0) is 15.5. The molecule has 0 aliphatic carbocycles. The molecule has 0 aliphatic heterocycles. The van der Waals surface area contributed by atoms with Crippen molar-refractivity contribution in [2.75, 3.05) is 16.5 Å². The van der Waals surface area contributed by atoms with Gasteiger partial charge in [0, 0.05) is 16.2 Å². The number of nitrogen functional groups attached to an aromatic ring is 1. The van der Waals surface area contributed by atoms with Gasteiger partial charge in [-0.2, -0.15) is 0 Å². The molecule has 2 rings (SSSR count). The zero-order valence-corrected chi connectivity index (χ0v) is 13.0. The maximum absolute atomic E-state index is 6.07. The van der Waals surface area contributed by atoms with Crippen LogP contribution >= 0.6 is 11.6 Å². The van der Waals surface area contributed by atoms with Crippen molar-refractivity contribution in [1.29, 1.82) is 0 Å². The molecule has 1 aromatic carbocycles. The van der Waals surface area contributed by atoms with Crippen LogP contribution in [0, 0.1) is 0 Å². The number of rotatable bonds is 4. The molecule has 0 aliphatic rings. The molecule has 0 radical (unpaired) electrons. The van der Waals surface area contributed by atoms with Gasteiger partial charge in [-0.15, -0.1) is 0 Å². The quantitative estimate of drug-likeness (QED) is 0.649. The predicted molar refractivity (Wildman–Crippen MR) is 87.7 cm³/mol. The molecular formula is C14H19ClN6. The average molecular weight is 307 g/mol. The Bertz CT molecular complexity index is 606. The third-order valence-corrected chi connectivity index (χ3v) is 2.80. The third kappa shape index (κ3) is 4.47. The predicted octanol–water partition coefficient (Wildman–Crippen LogP) is 3.17. The van der Waals surface area contributed by atoms with Crippen LogP contribution in [0.15, 0.2) is 30.6 Å². The molecule has 112 valence electrons. The van der Waals surface area contributed by atoms with Crippen molar-refractivity contribution in [3.05, 3.63) is 35.6 Å². The summed E-state index contributed by atoms with van der Waals surface area (Å²) in [6.07, 6.45) is 1.45. The van der Waals surface area contributed by atoms with Crippen LogP contribution in [-0.2, 0) is 0 Å². The number of hydrogen-bond donors (Lipinski definition) is 4. The van der Waals surface area contributed by atoms with Crippen LogP contribution in [0.5, 0.6) is 0 Å². The van der Waals surface area contributed by atoms with E-state index in [4.69, 9.17) is 17.3 Å². The van der Waals surface area contributed by atoms with Crippen molar-refractivity contribution in [2.45, 2.75) is 26.3 Å². The average Bonchev–Trinajstić information content (AvgIpc) is 2.41. The lowest BCUT2D eigenvalue weighted by Crippen LogP contribution is -2.40. The van der Waals surface area contributed by atoms with Gasteiger partial charge in [0.2, 0.25) is 0 Å². The number of anilines is 4. The molecule has 21 heavy (non-hydrogen) atoms. The number of nitrogens with one attached hydrogen (secondary N) is 3. The standard InChI is InChI=1S/C14H19ClN6/c1-14(2,3)21-20-13-11(16)12(17-8-18-13)19-10-6-4-9(15)5-7-10/h4-8,21H,16H2,1-3H3,(H2,17,18,19,20). The summed E-state index contributed by atoms with van der Waals surface area (Å²) in [7, 11) is 0. The Morgan fingerprint density at radius 1 is 1.05 bits per heavy atom. The fourth-order valence-corrected chi connectivity index (χ4v) is 1.64.